The Hall–Kier alpha value is -2.08. The molecule has 0 aromatic heterocycles. The van der Waals surface area contributed by atoms with Crippen LogP contribution in [-0.2, 0) is 9.59 Å². The van der Waals surface area contributed by atoms with E-state index in [1.54, 1.807) is 0 Å². The fourth-order valence-corrected chi connectivity index (χ4v) is 3.66. The van der Waals surface area contributed by atoms with Crippen LogP contribution in [0, 0.1) is 6.92 Å². The Labute approximate surface area is 155 Å². The number of carbonyl (C=O) groups is 2. The van der Waals surface area contributed by atoms with Crippen molar-refractivity contribution >= 4 is 17.5 Å². The molecule has 0 bridgehead atoms. The molecule has 142 valence electrons. The molecule has 0 unspecified atom stereocenters. The molecule has 2 amide bonds. The van der Waals surface area contributed by atoms with Gasteiger partial charge in [-0.15, -0.1) is 0 Å². The van der Waals surface area contributed by atoms with Gasteiger partial charge < -0.3 is 15.5 Å². The second kappa shape index (κ2) is 9.03. The van der Waals surface area contributed by atoms with Crippen molar-refractivity contribution in [3.63, 3.8) is 0 Å². The number of amides is 2. The molecule has 2 fully saturated rings. The van der Waals surface area contributed by atoms with Crippen molar-refractivity contribution in [1.82, 2.24) is 15.5 Å². The van der Waals surface area contributed by atoms with E-state index < -0.39 is 0 Å². The van der Waals surface area contributed by atoms with Crippen molar-refractivity contribution in [2.75, 3.05) is 44.2 Å². The lowest BCUT2D eigenvalue weighted by Crippen LogP contribution is -2.49. The number of nitrogens with zero attached hydrogens (tertiary/aromatic N) is 2. The smallest absolute Gasteiger partial charge is 0.242 e. The van der Waals surface area contributed by atoms with Crippen LogP contribution in [0.3, 0.4) is 0 Å². The van der Waals surface area contributed by atoms with E-state index in [9.17, 15) is 9.59 Å². The summed E-state index contributed by atoms with van der Waals surface area (Å²) in [5.41, 5.74) is 2.56. The normalized spacial score (nSPS) is 21.8. The van der Waals surface area contributed by atoms with Crippen LogP contribution < -0.4 is 15.5 Å². The fraction of sp³-hybridized carbons (Fsp3) is 0.600. The summed E-state index contributed by atoms with van der Waals surface area (Å²) < 4.78 is 0. The number of aryl methyl sites for hydroxylation is 1. The SMILES string of the molecule is Cc1cccc(N2CCN(CCC(=O)N[C@@H]3CCCCNC3=O)CC2)c1. The van der Waals surface area contributed by atoms with Crippen LogP contribution in [0.25, 0.3) is 0 Å². The molecule has 2 heterocycles. The van der Waals surface area contributed by atoms with E-state index in [1.165, 1.54) is 11.3 Å². The van der Waals surface area contributed by atoms with Gasteiger partial charge in [0, 0.05) is 51.4 Å². The van der Waals surface area contributed by atoms with E-state index in [2.05, 4.69) is 51.6 Å². The van der Waals surface area contributed by atoms with E-state index in [0.29, 0.717) is 6.42 Å². The summed E-state index contributed by atoms with van der Waals surface area (Å²) in [6, 6.07) is 8.25. The van der Waals surface area contributed by atoms with Crippen molar-refractivity contribution in [2.45, 2.75) is 38.6 Å². The Morgan fingerprint density at radius 1 is 1.23 bits per heavy atom. The molecule has 6 nitrogen and oxygen atoms in total. The minimum absolute atomic E-state index is 0.0202. The Bertz CT molecular complexity index is 626. The molecule has 0 radical (unpaired) electrons. The minimum Gasteiger partial charge on any atom is -0.369 e. The average Bonchev–Trinajstić information content (AvgIpc) is 2.85. The van der Waals surface area contributed by atoms with Gasteiger partial charge in [0.15, 0.2) is 0 Å². The van der Waals surface area contributed by atoms with Gasteiger partial charge in [0.25, 0.3) is 0 Å². The van der Waals surface area contributed by atoms with Crippen LogP contribution in [0.15, 0.2) is 24.3 Å². The van der Waals surface area contributed by atoms with Gasteiger partial charge in [0.2, 0.25) is 11.8 Å². The van der Waals surface area contributed by atoms with Gasteiger partial charge in [-0.05, 0) is 43.9 Å². The predicted octanol–water partition coefficient (Wildman–Crippen LogP) is 1.29. The summed E-state index contributed by atoms with van der Waals surface area (Å²) in [4.78, 5) is 28.9. The molecule has 1 aromatic carbocycles. The molecular formula is C20H30N4O2. The van der Waals surface area contributed by atoms with Crippen LogP contribution in [0.1, 0.15) is 31.2 Å². The van der Waals surface area contributed by atoms with Gasteiger partial charge in [0.1, 0.15) is 6.04 Å². The van der Waals surface area contributed by atoms with Crippen LogP contribution in [0.4, 0.5) is 5.69 Å². The van der Waals surface area contributed by atoms with Gasteiger partial charge in [-0.25, -0.2) is 0 Å². The number of nitrogens with one attached hydrogen (secondary N) is 2. The number of anilines is 1. The average molecular weight is 358 g/mol. The van der Waals surface area contributed by atoms with Gasteiger partial charge in [-0.3, -0.25) is 14.5 Å². The first-order valence-corrected chi connectivity index (χ1v) is 9.73. The summed E-state index contributed by atoms with van der Waals surface area (Å²) in [7, 11) is 0. The Kier molecular flexibility index (Phi) is 6.50. The maximum absolute atomic E-state index is 12.2. The summed E-state index contributed by atoms with van der Waals surface area (Å²) in [5, 5.41) is 5.76. The summed E-state index contributed by atoms with van der Waals surface area (Å²) in [5.74, 6) is -0.0595. The molecule has 1 atom stereocenters. The van der Waals surface area contributed by atoms with Crippen molar-refractivity contribution in [3.05, 3.63) is 29.8 Å². The van der Waals surface area contributed by atoms with E-state index in [0.717, 1.165) is 58.5 Å². The molecule has 1 aromatic rings. The van der Waals surface area contributed by atoms with Gasteiger partial charge in [0.05, 0.1) is 0 Å². The highest BCUT2D eigenvalue weighted by Gasteiger charge is 2.23. The molecule has 0 saturated carbocycles. The third kappa shape index (κ3) is 5.21. The number of hydrogen-bond acceptors (Lipinski definition) is 4. The van der Waals surface area contributed by atoms with Crippen LogP contribution >= 0.6 is 0 Å². The quantitative estimate of drug-likeness (QED) is 0.833. The first-order valence-electron chi connectivity index (χ1n) is 9.73. The van der Waals surface area contributed by atoms with E-state index in [-0.39, 0.29) is 17.9 Å². The zero-order valence-corrected chi connectivity index (χ0v) is 15.7. The largest absolute Gasteiger partial charge is 0.369 e. The van der Waals surface area contributed by atoms with Crippen molar-refractivity contribution < 1.29 is 9.59 Å². The first-order chi connectivity index (χ1) is 12.6. The topological polar surface area (TPSA) is 64.7 Å². The number of hydrogen-bond donors (Lipinski definition) is 2. The highest BCUT2D eigenvalue weighted by Crippen LogP contribution is 2.17. The number of rotatable bonds is 5. The second-order valence-corrected chi connectivity index (χ2v) is 7.32. The number of benzene rings is 1. The summed E-state index contributed by atoms with van der Waals surface area (Å²) in [6.07, 6.45) is 3.16. The zero-order chi connectivity index (χ0) is 18.4. The monoisotopic (exact) mass is 358 g/mol. The molecule has 2 N–H and O–H groups in total. The molecule has 2 saturated heterocycles. The Morgan fingerprint density at radius 3 is 2.81 bits per heavy atom. The molecule has 3 rings (SSSR count). The molecule has 2 aliphatic heterocycles. The van der Waals surface area contributed by atoms with Crippen molar-refractivity contribution in [2.24, 2.45) is 0 Å². The van der Waals surface area contributed by atoms with Gasteiger partial charge in [-0.1, -0.05) is 12.1 Å². The Morgan fingerprint density at radius 2 is 2.04 bits per heavy atom. The standard InChI is InChI=1S/C20H30N4O2/c1-16-5-4-6-17(15-16)24-13-11-23(12-14-24)10-8-19(25)22-18-7-2-3-9-21-20(18)26/h4-6,15,18H,2-3,7-14H2,1H3,(H,21,26)(H,22,25)/t18-/m1/s1. The first kappa shape index (κ1) is 18.7. The highest BCUT2D eigenvalue weighted by atomic mass is 16.2. The van der Waals surface area contributed by atoms with Crippen molar-refractivity contribution in [1.29, 1.82) is 0 Å². The maximum atomic E-state index is 12.2. The molecule has 26 heavy (non-hydrogen) atoms. The predicted molar refractivity (Wildman–Crippen MR) is 103 cm³/mol. The van der Waals surface area contributed by atoms with Gasteiger partial charge in [-0.2, -0.15) is 0 Å². The van der Waals surface area contributed by atoms with E-state index in [1.807, 2.05) is 0 Å². The zero-order valence-electron chi connectivity index (χ0n) is 15.7. The van der Waals surface area contributed by atoms with Crippen molar-refractivity contribution in [3.8, 4) is 0 Å². The lowest BCUT2D eigenvalue weighted by molar-refractivity contribution is -0.129. The molecule has 6 heteroatoms. The lowest BCUT2D eigenvalue weighted by atomic mass is 10.1. The highest BCUT2D eigenvalue weighted by molar-refractivity contribution is 5.87. The summed E-state index contributed by atoms with van der Waals surface area (Å²) in [6.45, 7) is 7.48. The van der Waals surface area contributed by atoms with Crippen LogP contribution in [0.5, 0.6) is 0 Å². The maximum Gasteiger partial charge on any atom is 0.242 e. The fourth-order valence-electron chi connectivity index (χ4n) is 3.66. The Balaban J connectivity index is 1.39. The van der Waals surface area contributed by atoms with E-state index in [4.69, 9.17) is 0 Å². The second-order valence-electron chi connectivity index (χ2n) is 7.32. The lowest BCUT2D eigenvalue weighted by Gasteiger charge is -2.36. The third-order valence-corrected chi connectivity index (χ3v) is 5.26. The number of piperazine rings is 1. The van der Waals surface area contributed by atoms with Gasteiger partial charge >= 0.3 is 0 Å². The molecular weight excluding hydrogens is 328 g/mol. The van der Waals surface area contributed by atoms with Crippen LogP contribution in [0.2, 0.25) is 0 Å². The van der Waals surface area contributed by atoms with E-state index >= 15 is 0 Å². The third-order valence-electron chi connectivity index (χ3n) is 5.26. The molecule has 0 spiro atoms. The minimum atomic E-state index is -0.358. The van der Waals surface area contributed by atoms with Crippen LogP contribution in [-0.4, -0.2) is 62.0 Å². The molecule has 0 aliphatic carbocycles. The number of carbonyl (C=O) groups excluding carboxylic acids is 2. The molecule has 2 aliphatic rings. The summed E-state index contributed by atoms with van der Waals surface area (Å²) >= 11 is 0.